The smallest absolute Gasteiger partial charge is 0.262 e. The third-order valence-corrected chi connectivity index (χ3v) is 5.84. The van der Waals surface area contributed by atoms with Gasteiger partial charge in [-0.1, -0.05) is 61.3 Å². The second-order valence-electron chi connectivity index (χ2n) is 8.23. The van der Waals surface area contributed by atoms with Crippen LogP contribution in [-0.2, 0) is 11.4 Å². The van der Waals surface area contributed by atoms with E-state index in [-0.39, 0.29) is 12.5 Å². The van der Waals surface area contributed by atoms with Crippen LogP contribution < -0.4 is 20.2 Å². The lowest BCUT2D eigenvalue weighted by molar-refractivity contribution is -0.123. The van der Waals surface area contributed by atoms with Crippen LogP contribution in [0.3, 0.4) is 0 Å². The number of rotatable bonds is 10. The van der Waals surface area contributed by atoms with E-state index in [1.807, 2.05) is 32.0 Å². The van der Waals surface area contributed by atoms with Crippen molar-refractivity contribution in [2.75, 3.05) is 7.11 Å². The van der Waals surface area contributed by atoms with Gasteiger partial charge in [0.25, 0.3) is 11.8 Å². The highest BCUT2D eigenvalue weighted by molar-refractivity contribution is 6.31. The van der Waals surface area contributed by atoms with Crippen LogP contribution in [0, 0.1) is 5.92 Å². The minimum atomic E-state index is -0.788. The lowest BCUT2D eigenvalue weighted by Crippen LogP contribution is -2.48. The topological polar surface area (TPSA) is 89.0 Å². The third kappa shape index (κ3) is 7.47. The molecule has 3 aromatic carbocycles. The number of hydrogen-bond acceptors (Lipinski definition) is 5. The van der Waals surface area contributed by atoms with Gasteiger partial charge >= 0.3 is 0 Å². The zero-order chi connectivity index (χ0) is 26.1. The number of methoxy groups -OCH3 is 1. The van der Waals surface area contributed by atoms with E-state index in [0.717, 1.165) is 5.56 Å². The maximum absolute atomic E-state index is 12.7. The minimum absolute atomic E-state index is 0.169. The summed E-state index contributed by atoms with van der Waals surface area (Å²) in [6.07, 6.45) is 1.48. The molecule has 2 amide bonds. The average molecular weight is 528 g/mol. The summed E-state index contributed by atoms with van der Waals surface area (Å²) in [5.74, 6) is 0.0436. The molecule has 0 saturated carbocycles. The van der Waals surface area contributed by atoms with Crippen molar-refractivity contribution in [3.05, 3.63) is 93.5 Å². The molecule has 1 unspecified atom stereocenters. The normalized spacial score (nSPS) is 11.8. The second-order valence-corrected chi connectivity index (χ2v) is 9.07. The zero-order valence-electron chi connectivity index (χ0n) is 20.1. The molecule has 0 radical (unpaired) electrons. The summed E-state index contributed by atoms with van der Waals surface area (Å²) in [5.41, 5.74) is 4.40. The van der Waals surface area contributed by atoms with Gasteiger partial charge in [-0.15, -0.1) is 0 Å². The van der Waals surface area contributed by atoms with Gasteiger partial charge in [0.1, 0.15) is 12.6 Å². The van der Waals surface area contributed by atoms with E-state index in [4.69, 9.17) is 32.7 Å². The van der Waals surface area contributed by atoms with Crippen LogP contribution in [-0.4, -0.2) is 31.2 Å². The molecule has 0 spiro atoms. The van der Waals surface area contributed by atoms with E-state index in [0.29, 0.717) is 32.7 Å². The number of amides is 2. The number of carbonyl (C=O) groups excluding carboxylic acids is 2. The first-order valence-electron chi connectivity index (χ1n) is 11.2. The molecule has 0 saturated heterocycles. The van der Waals surface area contributed by atoms with Crippen LogP contribution in [0.4, 0.5) is 0 Å². The molecule has 36 heavy (non-hydrogen) atoms. The van der Waals surface area contributed by atoms with Gasteiger partial charge in [0.2, 0.25) is 0 Å². The highest BCUT2D eigenvalue weighted by Crippen LogP contribution is 2.29. The summed E-state index contributed by atoms with van der Waals surface area (Å²) in [7, 11) is 1.54. The van der Waals surface area contributed by atoms with Crippen molar-refractivity contribution in [2.45, 2.75) is 26.5 Å². The molecular weight excluding hydrogens is 501 g/mol. The first-order chi connectivity index (χ1) is 17.3. The highest BCUT2D eigenvalue weighted by Gasteiger charge is 2.24. The molecule has 1 atom stereocenters. The SMILES string of the molecule is COc1cc(C=NNC(=O)C(NC(=O)c2cccc(Cl)c2)C(C)C)ccc1OCc1ccccc1Cl. The van der Waals surface area contributed by atoms with Crippen LogP contribution in [0.1, 0.15) is 35.3 Å². The lowest BCUT2D eigenvalue weighted by atomic mass is 10.0. The number of hydrazone groups is 1. The quantitative estimate of drug-likeness (QED) is 0.269. The maximum Gasteiger partial charge on any atom is 0.262 e. The number of halogens is 2. The van der Waals surface area contributed by atoms with Gasteiger partial charge in [-0.05, 0) is 53.9 Å². The fourth-order valence-electron chi connectivity index (χ4n) is 3.28. The predicted molar refractivity (Wildman–Crippen MR) is 142 cm³/mol. The summed E-state index contributed by atoms with van der Waals surface area (Å²) < 4.78 is 11.3. The average Bonchev–Trinajstić information content (AvgIpc) is 2.86. The molecule has 3 aromatic rings. The minimum Gasteiger partial charge on any atom is -0.493 e. The molecule has 0 bridgehead atoms. The van der Waals surface area contributed by atoms with Crippen LogP contribution in [0.2, 0.25) is 10.0 Å². The predicted octanol–water partition coefficient (Wildman–Crippen LogP) is 5.49. The van der Waals surface area contributed by atoms with Gasteiger partial charge in [0, 0.05) is 21.2 Å². The molecule has 0 aliphatic heterocycles. The Morgan fingerprint density at radius 1 is 1.00 bits per heavy atom. The molecular formula is C27H27Cl2N3O4. The Hall–Kier alpha value is -3.55. The van der Waals surface area contributed by atoms with E-state index >= 15 is 0 Å². The fourth-order valence-corrected chi connectivity index (χ4v) is 3.66. The lowest BCUT2D eigenvalue weighted by Gasteiger charge is -2.20. The number of benzene rings is 3. The van der Waals surface area contributed by atoms with Gasteiger partial charge in [0.15, 0.2) is 11.5 Å². The summed E-state index contributed by atoms with van der Waals surface area (Å²) in [6.45, 7) is 3.95. The molecule has 7 nitrogen and oxygen atoms in total. The Morgan fingerprint density at radius 3 is 2.47 bits per heavy atom. The van der Waals surface area contributed by atoms with Crippen molar-refractivity contribution in [2.24, 2.45) is 11.0 Å². The van der Waals surface area contributed by atoms with Crippen molar-refractivity contribution in [3.63, 3.8) is 0 Å². The summed E-state index contributed by atoms with van der Waals surface area (Å²) in [6, 6.07) is 18.4. The maximum atomic E-state index is 12.7. The van der Waals surface area contributed by atoms with Crippen LogP contribution in [0.5, 0.6) is 11.5 Å². The molecule has 0 fully saturated rings. The van der Waals surface area contributed by atoms with Crippen LogP contribution in [0.25, 0.3) is 0 Å². The molecule has 9 heteroatoms. The van der Waals surface area contributed by atoms with Gasteiger partial charge < -0.3 is 14.8 Å². The molecule has 188 valence electrons. The van der Waals surface area contributed by atoms with E-state index < -0.39 is 17.9 Å². The van der Waals surface area contributed by atoms with Gasteiger partial charge in [-0.2, -0.15) is 5.10 Å². The second kappa shape index (κ2) is 13.0. The first-order valence-corrected chi connectivity index (χ1v) is 12.0. The zero-order valence-corrected chi connectivity index (χ0v) is 21.6. The molecule has 2 N–H and O–H groups in total. The Morgan fingerprint density at radius 2 is 1.78 bits per heavy atom. The Bertz CT molecular complexity index is 1250. The van der Waals surface area contributed by atoms with Crippen molar-refractivity contribution in [3.8, 4) is 11.5 Å². The fraction of sp³-hybridized carbons (Fsp3) is 0.222. The van der Waals surface area contributed by atoms with E-state index in [1.54, 1.807) is 48.5 Å². The van der Waals surface area contributed by atoms with E-state index in [1.165, 1.54) is 13.3 Å². The standard InChI is InChI=1S/C27H27Cl2N3O4/c1-17(2)25(31-26(33)19-8-6-9-21(28)14-19)27(34)32-30-15-18-11-12-23(24(13-18)35-3)36-16-20-7-4-5-10-22(20)29/h4-15,17,25H,16H2,1-3H3,(H,31,33)(H,32,34). The van der Waals surface area contributed by atoms with Crippen molar-refractivity contribution < 1.29 is 19.1 Å². The molecule has 0 heterocycles. The van der Waals surface area contributed by atoms with Gasteiger partial charge in [0.05, 0.1) is 13.3 Å². The highest BCUT2D eigenvalue weighted by atomic mass is 35.5. The summed E-state index contributed by atoms with van der Waals surface area (Å²) >= 11 is 12.1. The van der Waals surface area contributed by atoms with Crippen molar-refractivity contribution >= 4 is 41.2 Å². The van der Waals surface area contributed by atoms with E-state index in [9.17, 15) is 9.59 Å². The number of hydrogen-bond donors (Lipinski definition) is 2. The summed E-state index contributed by atoms with van der Waals surface area (Å²) in [4.78, 5) is 25.3. The van der Waals surface area contributed by atoms with Crippen LogP contribution in [0.15, 0.2) is 71.8 Å². The monoisotopic (exact) mass is 527 g/mol. The van der Waals surface area contributed by atoms with Crippen molar-refractivity contribution in [1.82, 2.24) is 10.7 Å². The Labute approximate surface area is 220 Å². The van der Waals surface area contributed by atoms with Gasteiger partial charge in [-0.3, -0.25) is 9.59 Å². The number of nitrogens with one attached hydrogen (secondary N) is 2. The number of nitrogens with zero attached hydrogens (tertiary/aromatic N) is 1. The van der Waals surface area contributed by atoms with Crippen LogP contribution >= 0.6 is 23.2 Å². The Balaban J connectivity index is 1.62. The number of ether oxygens (including phenoxy) is 2. The third-order valence-electron chi connectivity index (χ3n) is 5.24. The van der Waals surface area contributed by atoms with Crippen molar-refractivity contribution in [1.29, 1.82) is 0 Å². The Kier molecular flexibility index (Phi) is 9.73. The number of carbonyl (C=O) groups is 2. The molecule has 0 aromatic heterocycles. The van der Waals surface area contributed by atoms with E-state index in [2.05, 4.69) is 15.8 Å². The molecule has 3 rings (SSSR count). The largest absolute Gasteiger partial charge is 0.493 e. The molecule has 0 aliphatic rings. The summed E-state index contributed by atoms with van der Waals surface area (Å²) in [5, 5.41) is 7.84. The molecule has 0 aliphatic carbocycles. The van der Waals surface area contributed by atoms with Gasteiger partial charge in [-0.25, -0.2) is 5.43 Å². The first kappa shape index (κ1) is 27.0.